The van der Waals surface area contributed by atoms with Gasteiger partial charge in [0.25, 0.3) is 0 Å². The summed E-state index contributed by atoms with van der Waals surface area (Å²) in [6, 6.07) is 17.4. The molecule has 0 atom stereocenters. The summed E-state index contributed by atoms with van der Waals surface area (Å²) in [5.41, 5.74) is 2.94. The summed E-state index contributed by atoms with van der Waals surface area (Å²) in [4.78, 5) is 30.9. The third-order valence-corrected chi connectivity index (χ3v) is 5.63. The van der Waals surface area contributed by atoms with Crippen molar-refractivity contribution in [1.82, 2.24) is 15.2 Å². The second kappa shape index (κ2) is 10.1. The molecule has 7 nitrogen and oxygen atoms in total. The Morgan fingerprint density at radius 2 is 1.78 bits per heavy atom. The molecule has 1 aliphatic heterocycles. The Morgan fingerprint density at radius 3 is 2.50 bits per heavy atom. The first-order valence-electron chi connectivity index (χ1n) is 11.0. The van der Waals surface area contributed by atoms with Gasteiger partial charge < -0.3 is 20.0 Å². The van der Waals surface area contributed by atoms with Crippen LogP contribution in [0.2, 0.25) is 0 Å². The number of benzene rings is 2. The second-order valence-electron chi connectivity index (χ2n) is 8.11. The number of carbonyl (C=O) groups excluding carboxylic acids is 2. The number of anilines is 1. The SMILES string of the molecule is Cc1ccc(-c2cnc(CCC(=O)NC3CCN(C(=O)Nc4ccccc4)CC3)o2)cc1. The van der Waals surface area contributed by atoms with E-state index < -0.39 is 0 Å². The van der Waals surface area contributed by atoms with Crippen LogP contribution in [0.25, 0.3) is 11.3 Å². The maximum absolute atomic E-state index is 12.4. The van der Waals surface area contributed by atoms with Gasteiger partial charge in [0.15, 0.2) is 11.7 Å². The molecule has 2 N–H and O–H groups in total. The molecule has 2 aromatic carbocycles. The predicted molar refractivity (Wildman–Crippen MR) is 123 cm³/mol. The average Bonchev–Trinajstić information content (AvgIpc) is 3.28. The summed E-state index contributed by atoms with van der Waals surface area (Å²) in [7, 11) is 0. The van der Waals surface area contributed by atoms with Gasteiger partial charge in [-0.15, -0.1) is 0 Å². The molecule has 166 valence electrons. The van der Waals surface area contributed by atoms with Gasteiger partial charge in [-0.2, -0.15) is 0 Å². The van der Waals surface area contributed by atoms with E-state index in [0.717, 1.165) is 24.1 Å². The maximum Gasteiger partial charge on any atom is 0.321 e. The minimum atomic E-state index is -0.103. The number of carbonyl (C=O) groups is 2. The highest BCUT2D eigenvalue weighted by atomic mass is 16.4. The molecule has 1 aromatic heterocycles. The standard InChI is InChI=1S/C25H28N4O3/c1-18-7-9-19(10-8-18)22-17-26-24(32-22)12-11-23(30)27-21-13-15-29(16-14-21)25(31)28-20-5-3-2-4-6-20/h2-10,17,21H,11-16H2,1H3,(H,27,30)(H,28,31). The molecule has 7 heteroatoms. The third-order valence-electron chi connectivity index (χ3n) is 5.63. The van der Waals surface area contributed by atoms with E-state index in [1.54, 1.807) is 11.1 Å². The number of hydrogen-bond donors (Lipinski definition) is 2. The Balaban J connectivity index is 1.19. The van der Waals surface area contributed by atoms with Crippen LogP contribution >= 0.6 is 0 Å². The fourth-order valence-electron chi connectivity index (χ4n) is 3.75. The molecule has 0 aliphatic carbocycles. The molecule has 2 heterocycles. The Morgan fingerprint density at radius 1 is 1.06 bits per heavy atom. The van der Waals surface area contributed by atoms with Crippen LogP contribution in [0, 0.1) is 6.92 Å². The normalized spacial score (nSPS) is 14.2. The van der Waals surface area contributed by atoms with Gasteiger partial charge in [0.05, 0.1) is 6.20 Å². The lowest BCUT2D eigenvalue weighted by Crippen LogP contribution is -2.47. The average molecular weight is 433 g/mol. The first-order valence-corrected chi connectivity index (χ1v) is 11.0. The number of aryl methyl sites for hydroxylation is 2. The van der Waals surface area contributed by atoms with Gasteiger partial charge >= 0.3 is 6.03 Å². The van der Waals surface area contributed by atoms with E-state index in [2.05, 4.69) is 15.6 Å². The van der Waals surface area contributed by atoms with Crippen molar-refractivity contribution < 1.29 is 14.0 Å². The number of aromatic nitrogens is 1. The topological polar surface area (TPSA) is 87.5 Å². The van der Waals surface area contributed by atoms with Crippen LogP contribution in [0.1, 0.15) is 30.7 Å². The number of oxazole rings is 1. The zero-order valence-corrected chi connectivity index (χ0v) is 18.2. The van der Waals surface area contributed by atoms with Crippen molar-refractivity contribution in [2.24, 2.45) is 0 Å². The second-order valence-corrected chi connectivity index (χ2v) is 8.11. The van der Waals surface area contributed by atoms with Crippen molar-refractivity contribution in [3.8, 4) is 11.3 Å². The van der Waals surface area contributed by atoms with E-state index in [0.29, 0.717) is 37.6 Å². The molecule has 0 saturated carbocycles. The zero-order valence-electron chi connectivity index (χ0n) is 18.2. The van der Waals surface area contributed by atoms with Crippen molar-refractivity contribution in [2.45, 2.75) is 38.6 Å². The quantitative estimate of drug-likeness (QED) is 0.605. The van der Waals surface area contributed by atoms with Crippen LogP contribution in [0.3, 0.4) is 0 Å². The molecular formula is C25H28N4O3. The van der Waals surface area contributed by atoms with Crippen molar-refractivity contribution in [2.75, 3.05) is 18.4 Å². The lowest BCUT2D eigenvalue weighted by molar-refractivity contribution is -0.122. The zero-order chi connectivity index (χ0) is 22.3. The summed E-state index contributed by atoms with van der Waals surface area (Å²) < 4.78 is 5.80. The number of piperidine rings is 1. The van der Waals surface area contributed by atoms with Gasteiger partial charge in [-0.1, -0.05) is 48.0 Å². The van der Waals surface area contributed by atoms with Crippen molar-refractivity contribution in [3.05, 3.63) is 72.2 Å². The van der Waals surface area contributed by atoms with Crippen LogP contribution in [-0.4, -0.2) is 41.0 Å². The van der Waals surface area contributed by atoms with Gasteiger partial charge in [0, 0.05) is 43.2 Å². The van der Waals surface area contributed by atoms with E-state index in [9.17, 15) is 9.59 Å². The number of urea groups is 1. The summed E-state index contributed by atoms with van der Waals surface area (Å²) in [5.74, 6) is 1.25. The number of hydrogen-bond acceptors (Lipinski definition) is 4. The lowest BCUT2D eigenvalue weighted by atomic mass is 10.0. The van der Waals surface area contributed by atoms with Crippen LogP contribution in [0.5, 0.6) is 0 Å². The fraction of sp³-hybridized carbons (Fsp3) is 0.320. The van der Waals surface area contributed by atoms with Gasteiger partial charge in [0.1, 0.15) is 0 Å². The van der Waals surface area contributed by atoms with E-state index in [4.69, 9.17) is 4.42 Å². The number of rotatable bonds is 6. The monoisotopic (exact) mass is 432 g/mol. The number of nitrogens with one attached hydrogen (secondary N) is 2. The van der Waals surface area contributed by atoms with Crippen LogP contribution < -0.4 is 10.6 Å². The number of amides is 3. The lowest BCUT2D eigenvalue weighted by Gasteiger charge is -2.32. The molecule has 0 bridgehead atoms. The van der Waals surface area contributed by atoms with E-state index >= 15 is 0 Å². The van der Waals surface area contributed by atoms with E-state index in [1.807, 2.05) is 61.5 Å². The minimum Gasteiger partial charge on any atom is -0.441 e. The van der Waals surface area contributed by atoms with Crippen molar-refractivity contribution in [1.29, 1.82) is 0 Å². The smallest absolute Gasteiger partial charge is 0.321 e. The minimum absolute atomic E-state index is 0.0210. The molecule has 0 spiro atoms. The van der Waals surface area contributed by atoms with Crippen LogP contribution in [-0.2, 0) is 11.2 Å². The molecule has 1 fully saturated rings. The van der Waals surface area contributed by atoms with Crippen molar-refractivity contribution >= 4 is 17.6 Å². The highest BCUT2D eigenvalue weighted by Crippen LogP contribution is 2.21. The first-order chi connectivity index (χ1) is 15.6. The van der Waals surface area contributed by atoms with Crippen molar-refractivity contribution in [3.63, 3.8) is 0 Å². The molecule has 0 unspecified atom stereocenters. The maximum atomic E-state index is 12.4. The van der Waals surface area contributed by atoms with Gasteiger partial charge in [0.2, 0.25) is 5.91 Å². The number of likely N-dealkylation sites (tertiary alicyclic amines) is 1. The van der Waals surface area contributed by atoms with Gasteiger partial charge in [-0.3, -0.25) is 4.79 Å². The largest absolute Gasteiger partial charge is 0.441 e. The molecule has 3 aromatic rings. The molecule has 32 heavy (non-hydrogen) atoms. The molecular weight excluding hydrogens is 404 g/mol. The summed E-state index contributed by atoms with van der Waals surface area (Å²) >= 11 is 0. The summed E-state index contributed by atoms with van der Waals surface area (Å²) in [6.07, 6.45) is 3.96. The molecule has 3 amide bonds. The Labute approximate surface area is 187 Å². The summed E-state index contributed by atoms with van der Waals surface area (Å²) in [5, 5.41) is 5.98. The Kier molecular flexibility index (Phi) is 6.84. The Hall–Kier alpha value is -3.61. The fourth-order valence-corrected chi connectivity index (χ4v) is 3.75. The van der Waals surface area contributed by atoms with Crippen LogP contribution in [0.15, 0.2) is 65.2 Å². The highest BCUT2D eigenvalue weighted by Gasteiger charge is 2.24. The molecule has 1 saturated heterocycles. The van der Waals surface area contributed by atoms with Gasteiger partial charge in [-0.25, -0.2) is 9.78 Å². The van der Waals surface area contributed by atoms with E-state index in [-0.39, 0.29) is 18.0 Å². The van der Waals surface area contributed by atoms with Crippen LogP contribution in [0.4, 0.5) is 10.5 Å². The van der Waals surface area contributed by atoms with Gasteiger partial charge in [-0.05, 0) is 31.9 Å². The molecule has 4 rings (SSSR count). The third kappa shape index (κ3) is 5.75. The Bertz CT molecular complexity index is 1040. The summed E-state index contributed by atoms with van der Waals surface area (Å²) in [6.45, 7) is 3.27. The molecule has 1 aliphatic rings. The first kappa shape index (κ1) is 21.6. The molecule has 0 radical (unpaired) electrons. The number of nitrogens with zero attached hydrogens (tertiary/aromatic N) is 2. The number of para-hydroxylation sites is 1. The highest BCUT2D eigenvalue weighted by molar-refractivity contribution is 5.89. The van der Waals surface area contributed by atoms with E-state index in [1.165, 1.54) is 5.56 Å². The predicted octanol–water partition coefficient (Wildman–Crippen LogP) is 4.40.